The Labute approximate surface area is 234 Å². The van der Waals surface area contributed by atoms with Crippen LogP contribution in [0.1, 0.15) is 6.92 Å². The average molecular weight is 563 g/mol. The fraction of sp³-hybridized carbons (Fsp3) is 0.269. The summed E-state index contributed by atoms with van der Waals surface area (Å²) in [5.41, 5.74) is 6.39. The lowest BCUT2D eigenvalue weighted by Crippen LogP contribution is -2.56. The van der Waals surface area contributed by atoms with Crippen LogP contribution < -0.4 is 40.9 Å². The standard InChI is InChI=1S/C26H26N8O3S2/c1-4-10-29-24(36)18(14-27)12-23-34(5-2)25(37)21(39-23)9-11-28-19-7-6-8-20(13-19)32(3)22(35)15-33-16-30-26(38)31-17-33/h1,6-8,11,13,28H,5,10,15-17H2,2-3H3,(H,29,36)(H2,30,31,38). The van der Waals surface area contributed by atoms with Gasteiger partial charge in [0.15, 0.2) is 10.7 Å². The zero-order valence-electron chi connectivity index (χ0n) is 21.3. The number of thiazole rings is 1. The van der Waals surface area contributed by atoms with E-state index in [1.54, 1.807) is 37.1 Å². The number of rotatable bonds is 8. The van der Waals surface area contributed by atoms with Gasteiger partial charge in [0.25, 0.3) is 11.5 Å². The molecule has 2 heterocycles. The lowest BCUT2D eigenvalue weighted by atomic mass is 10.2. The number of likely N-dealkylation sites (N-methyl/N-ethyl adjacent to an activating group) is 1. The van der Waals surface area contributed by atoms with Gasteiger partial charge in [-0.05, 0) is 37.3 Å². The predicted octanol–water partition coefficient (Wildman–Crippen LogP) is -0.829. The number of nitrogens with zero attached hydrogens (tertiary/aromatic N) is 4. The zero-order chi connectivity index (χ0) is 28.4. The summed E-state index contributed by atoms with van der Waals surface area (Å²) in [7, 11) is 1.70. The lowest BCUT2D eigenvalue weighted by Gasteiger charge is -2.30. The van der Waals surface area contributed by atoms with E-state index >= 15 is 0 Å². The molecule has 200 valence electrons. The van der Waals surface area contributed by atoms with Gasteiger partial charge in [-0.2, -0.15) is 5.26 Å². The van der Waals surface area contributed by atoms with E-state index in [2.05, 4.69) is 38.7 Å². The highest BCUT2D eigenvalue weighted by atomic mass is 32.1. The largest absolute Gasteiger partial charge is 0.355 e. The van der Waals surface area contributed by atoms with Crippen LogP contribution in [0, 0.1) is 23.7 Å². The van der Waals surface area contributed by atoms with Gasteiger partial charge in [0.05, 0.1) is 26.4 Å². The summed E-state index contributed by atoms with van der Waals surface area (Å²) >= 11 is 6.08. The Morgan fingerprint density at radius 3 is 2.74 bits per heavy atom. The molecule has 13 heteroatoms. The number of hydrogen-bond donors (Lipinski definition) is 4. The second-order valence-corrected chi connectivity index (χ2v) is 9.46. The van der Waals surface area contributed by atoms with Gasteiger partial charge in [-0.15, -0.1) is 6.42 Å². The SMILES string of the molecule is C#CCNC(=O)C(=C=c1sc(=C=CNc2cccc(N(C)C(=O)CN3CNC(=S)NC3)c2)c(=O)n1CC)C#N. The number of carbonyl (C=O) groups is 2. The van der Waals surface area contributed by atoms with Crippen molar-refractivity contribution >= 4 is 63.3 Å². The van der Waals surface area contributed by atoms with Crippen LogP contribution in [0.3, 0.4) is 0 Å². The maximum Gasteiger partial charge on any atom is 0.277 e. The third-order valence-electron chi connectivity index (χ3n) is 5.46. The van der Waals surface area contributed by atoms with E-state index in [1.807, 2.05) is 17.0 Å². The molecule has 1 aromatic carbocycles. The molecule has 4 N–H and O–H groups in total. The number of hydrogen-bond acceptors (Lipinski definition) is 8. The number of nitrogens with one attached hydrogen (secondary N) is 4. The second kappa shape index (κ2) is 13.8. The van der Waals surface area contributed by atoms with Crippen molar-refractivity contribution in [1.82, 2.24) is 25.4 Å². The van der Waals surface area contributed by atoms with Crippen LogP contribution in [-0.2, 0) is 16.1 Å². The van der Waals surface area contributed by atoms with Gasteiger partial charge in [0.2, 0.25) is 5.91 Å². The molecule has 0 spiro atoms. The highest BCUT2D eigenvalue weighted by Gasteiger charge is 2.18. The first-order valence-electron chi connectivity index (χ1n) is 11.7. The van der Waals surface area contributed by atoms with Crippen molar-refractivity contribution in [1.29, 1.82) is 5.26 Å². The van der Waals surface area contributed by atoms with Crippen LogP contribution in [0.25, 0.3) is 11.5 Å². The van der Waals surface area contributed by atoms with Gasteiger partial charge in [-0.1, -0.05) is 34.8 Å². The van der Waals surface area contributed by atoms with Gasteiger partial charge in [0.1, 0.15) is 15.3 Å². The first-order valence-corrected chi connectivity index (χ1v) is 12.9. The Hall–Kier alpha value is -4.61. The molecular formula is C26H26N8O3S2. The van der Waals surface area contributed by atoms with Crippen molar-refractivity contribution < 1.29 is 9.59 Å². The van der Waals surface area contributed by atoms with Crippen molar-refractivity contribution in [2.45, 2.75) is 13.5 Å². The summed E-state index contributed by atoms with van der Waals surface area (Å²) < 4.78 is 1.98. The fourth-order valence-corrected chi connectivity index (χ4v) is 4.48. The molecule has 0 atom stereocenters. The molecule has 1 aromatic heterocycles. The Morgan fingerprint density at radius 1 is 1.33 bits per heavy atom. The quantitative estimate of drug-likeness (QED) is 0.141. The Balaban J connectivity index is 1.82. The molecule has 2 amide bonds. The number of benzene rings is 1. The van der Waals surface area contributed by atoms with E-state index in [4.69, 9.17) is 18.6 Å². The van der Waals surface area contributed by atoms with Crippen LogP contribution in [0.2, 0.25) is 0 Å². The number of thiocarbonyl (C=S) groups is 1. The average Bonchev–Trinajstić information content (AvgIpc) is 3.24. The molecule has 1 fully saturated rings. The van der Waals surface area contributed by atoms with Crippen molar-refractivity contribution in [2.24, 2.45) is 0 Å². The molecule has 11 nitrogen and oxygen atoms in total. The predicted molar refractivity (Wildman–Crippen MR) is 155 cm³/mol. The Bertz CT molecular complexity index is 1610. The maximum atomic E-state index is 12.8. The first kappa shape index (κ1) is 29.0. The number of terminal acetylenes is 1. The van der Waals surface area contributed by atoms with E-state index in [1.165, 1.54) is 10.8 Å². The highest BCUT2D eigenvalue weighted by molar-refractivity contribution is 7.80. The second-order valence-electron chi connectivity index (χ2n) is 8.05. The monoisotopic (exact) mass is 562 g/mol. The molecule has 1 aliphatic heterocycles. The van der Waals surface area contributed by atoms with Crippen LogP contribution in [0.15, 0.2) is 40.8 Å². The van der Waals surface area contributed by atoms with Gasteiger partial charge < -0.3 is 26.2 Å². The van der Waals surface area contributed by atoms with E-state index in [0.717, 1.165) is 11.3 Å². The molecule has 0 unspecified atom stereocenters. The third-order valence-corrected chi connectivity index (χ3v) is 6.76. The summed E-state index contributed by atoms with van der Waals surface area (Å²) in [5, 5.41) is 21.3. The van der Waals surface area contributed by atoms with E-state index in [0.29, 0.717) is 41.0 Å². The lowest BCUT2D eigenvalue weighted by molar-refractivity contribution is -0.119. The summed E-state index contributed by atoms with van der Waals surface area (Å²) in [5.74, 6) is 1.50. The minimum Gasteiger partial charge on any atom is -0.355 e. The summed E-state index contributed by atoms with van der Waals surface area (Å²) in [4.78, 5) is 41.1. The topological polar surface area (TPSA) is 135 Å². The Kier molecular flexibility index (Phi) is 10.2. The molecule has 2 aromatic rings. The van der Waals surface area contributed by atoms with E-state index in [9.17, 15) is 19.6 Å². The van der Waals surface area contributed by atoms with Crippen LogP contribution in [-0.4, -0.2) is 59.9 Å². The minimum atomic E-state index is -0.668. The maximum absolute atomic E-state index is 12.8. The highest BCUT2D eigenvalue weighted by Crippen LogP contribution is 2.18. The molecular weight excluding hydrogens is 536 g/mol. The number of amides is 2. The van der Waals surface area contributed by atoms with Crippen molar-refractivity contribution in [3.05, 3.63) is 55.6 Å². The van der Waals surface area contributed by atoms with Crippen molar-refractivity contribution in [3.63, 3.8) is 0 Å². The van der Waals surface area contributed by atoms with Gasteiger partial charge >= 0.3 is 0 Å². The molecule has 3 rings (SSSR count). The number of nitriles is 1. The number of aromatic nitrogens is 1. The van der Waals surface area contributed by atoms with Crippen molar-refractivity contribution in [3.8, 4) is 18.4 Å². The molecule has 0 radical (unpaired) electrons. The molecule has 1 saturated heterocycles. The molecule has 1 aliphatic rings. The fourth-order valence-electron chi connectivity index (χ4n) is 3.37. The molecule has 39 heavy (non-hydrogen) atoms. The van der Waals surface area contributed by atoms with Crippen LogP contribution in [0.4, 0.5) is 11.4 Å². The molecule has 0 aliphatic carbocycles. The molecule has 0 saturated carbocycles. The number of anilines is 2. The smallest absolute Gasteiger partial charge is 0.277 e. The van der Waals surface area contributed by atoms with Gasteiger partial charge in [0, 0.05) is 31.2 Å². The number of carbonyl (C=O) groups excluding carboxylic acids is 2. The summed E-state index contributed by atoms with van der Waals surface area (Å²) in [6, 6.07) is 9.02. The minimum absolute atomic E-state index is 0.0299. The Morgan fingerprint density at radius 2 is 2.08 bits per heavy atom. The van der Waals surface area contributed by atoms with Gasteiger partial charge in [-0.25, -0.2) is 0 Å². The van der Waals surface area contributed by atoms with Crippen molar-refractivity contribution in [2.75, 3.05) is 43.7 Å². The van der Waals surface area contributed by atoms with E-state index < -0.39 is 5.91 Å². The third kappa shape index (κ3) is 7.69. The normalized spacial score (nSPS) is 12.4. The van der Waals surface area contributed by atoms with Crippen LogP contribution in [0.5, 0.6) is 0 Å². The summed E-state index contributed by atoms with van der Waals surface area (Å²) in [6.07, 6.45) is 6.62. The van der Waals surface area contributed by atoms with Crippen LogP contribution >= 0.6 is 23.6 Å². The molecule has 0 bridgehead atoms. The van der Waals surface area contributed by atoms with E-state index in [-0.39, 0.29) is 34.7 Å². The van der Waals surface area contributed by atoms with Gasteiger partial charge in [-0.3, -0.25) is 23.9 Å². The zero-order valence-corrected chi connectivity index (χ0v) is 23.0. The summed E-state index contributed by atoms with van der Waals surface area (Å²) in [6.45, 7) is 3.24. The first-order chi connectivity index (χ1) is 18.8.